The Hall–Kier alpha value is -1.91. The van der Waals surface area contributed by atoms with Crippen LogP contribution in [0, 0.1) is 12.8 Å². The Kier molecular flexibility index (Phi) is 4.73. The van der Waals surface area contributed by atoms with Gasteiger partial charge in [0.1, 0.15) is 22.1 Å². The molecular formula is C17H22N6O2S2. The number of aliphatic imine (C=N–C) groups is 1. The Morgan fingerprint density at radius 2 is 2.33 bits per heavy atom. The Labute approximate surface area is 165 Å². The third-order valence-corrected chi connectivity index (χ3v) is 6.94. The van der Waals surface area contributed by atoms with E-state index in [1.54, 1.807) is 29.6 Å². The molecule has 3 atom stereocenters. The number of thioether (sulfide) groups is 1. The molecule has 2 aliphatic rings. The topological polar surface area (TPSA) is 107 Å². The second kappa shape index (κ2) is 6.92. The highest BCUT2D eigenvalue weighted by atomic mass is 32.2. The number of carbonyl (C=O) groups excluding carboxylic acids is 1. The van der Waals surface area contributed by atoms with E-state index in [1.807, 2.05) is 12.3 Å². The maximum Gasteiger partial charge on any atom is 0.275 e. The van der Waals surface area contributed by atoms with Crippen LogP contribution in [0.15, 0.2) is 16.4 Å². The summed E-state index contributed by atoms with van der Waals surface area (Å²) in [7, 11) is 1.75. The number of rotatable bonds is 3. The fourth-order valence-corrected chi connectivity index (χ4v) is 5.59. The van der Waals surface area contributed by atoms with E-state index in [4.69, 9.17) is 15.5 Å². The highest BCUT2D eigenvalue weighted by Crippen LogP contribution is 2.46. The number of aryl methyl sites for hydroxylation is 2. The molecule has 2 aromatic heterocycles. The number of thiazole rings is 1. The van der Waals surface area contributed by atoms with Gasteiger partial charge in [-0.1, -0.05) is 11.8 Å². The van der Waals surface area contributed by atoms with Crippen molar-refractivity contribution >= 4 is 40.0 Å². The normalized spacial score (nSPS) is 27.7. The highest BCUT2D eigenvalue weighted by Gasteiger charge is 2.49. The SMILES string of the molecule is Cc1cc(C(=O)Nc2csc(C34CO[C@@H](C)C[C@H]3CSC(N)=N4)n2)n(C)n1. The van der Waals surface area contributed by atoms with E-state index in [0.717, 1.165) is 22.9 Å². The minimum Gasteiger partial charge on any atom is -0.379 e. The van der Waals surface area contributed by atoms with Crippen LogP contribution in [0.25, 0.3) is 0 Å². The molecule has 4 heterocycles. The minimum atomic E-state index is -0.557. The van der Waals surface area contributed by atoms with Crippen molar-refractivity contribution in [1.82, 2.24) is 14.8 Å². The van der Waals surface area contributed by atoms with Crippen molar-refractivity contribution < 1.29 is 9.53 Å². The average molecular weight is 407 g/mol. The first kappa shape index (κ1) is 18.5. The summed E-state index contributed by atoms with van der Waals surface area (Å²) in [5, 5.41) is 10.3. The number of nitrogens with zero attached hydrogens (tertiary/aromatic N) is 4. The number of anilines is 1. The molecule has 1 unspecified atom stereocenters. The molecule has 27 heavy (non-hydrogen) atoms. The third-order valence-electron chi connectivity index (χ3n) is 4.97. The fraction of sp³-hybridized carbons (Fsp3) is 0.529. The summed E-state index contributed by atoms with van der Waals surface area (Å²) in [5.41, 5.74) is 6.76. The van der Waals surface area contributed by atoms with Crippen LogP contribution in [0.2, 0.25) is 0 Å². The number of ether oxygens (including phenoxy) is 1. The summed E-state index contributed by atoms with van der Waals surface area (Å²) >= 11 is 3.07. The van der Waals surface area contributed by atoms with Gasteiger partial charge in [0.2, 0.25) is 0 Å². The van der Waals surface area contributed by atoms with E-state index in [-0.39, 0.29) is 12.0 Å². The molecule has 1 saturated heterocycles. The quantitative estimate of drug-likeness (QED) is 0.808. The lowest BCUT2D eigenvalue weighted by molar-refractivity contribution is -0.0466. The Morgan fingerprint density at radius 1 is 1.52 bits per heavy atom. The molecule has 1 amide bonds. The molecular weight excluding hydrogens is 384 g/mol. The maximum atomic E-state index is 12.5. The maximum absolute atomic E-state index is 12.5. The van der Waals surface area contributed by atoms with Gasteiger partial charge >= 0.3 is 0 Å². The second-order valence-corrected chi connectivity index (χ2v) is 8.92. The number of hydrogen-bond acceptors (Lipinski definition) is 8. The van der Waals surface area contributed by atoms with Gasteiger partial charge in [0.25, 0.3) is 5.91 Å². The molecule has 2 aromatic rings. The summed E-state index contributed by atoms with van der Waals surface area (Å²) in [6, 6.07) is 1.75. The van der Waals surface area contributed by atoms with E-state index >= 15 is 0 Å². The number of fused-ring (bicyclic) bond motifs is 1. The van der Waals surface area contributed by atoms with Crippen molar-refractivity contribution in [2.75, 3.05) is 17.7 Å². The first-order valence-corrected chi connectivity index (χ1v) is 10.6. The molecule has 0 radical (unpaired) electrons. The molecule has 0 saturated carbocycles. The van der Waals surface area contributed by atoms with Crippen molar-refractivity contribution in [3.8, 4) is 0 Å². The number of nitrogens with one attached hydrogen (secondary N) is 1. The lowest BCUT2D eigenvalue weighted by Crippen LogP contribution is -2.49. The van der Waals surface area contributed by atoms with Crippen LogP contribution in [0.1, 0.15) is 34.5 Å². The first-order chi connectivity index (χ1) is 12.9. The molecule has 10 heteroatoms. The van der Waals surface area contributed by atoms with Crippen LogP contribution in [0.5, 0.6) is 0 Å². The van der Waals surface area contributed by atoms with E-state index < -0.39 is 5.54 Å². The molecule has 4 rings (SSSR count). The van der Waals surface area contributed by atoms with Crippen LogP contribution < -0.4 is 11.1 Å². The first-order valence-electron chi connectivity index (χ1n) is 8.75. The van der Waals surface area contributed by atoms with Crippen molar-refractivity contribution in [3.05, 3.63) is 27.8 Å². The zero-order valence-corrected chi connectivity index (χ0v) is 17.1. The molecule has 0 bridgehead atoms. The molecule has 0 aliphatic carbocycles. The van der Waals surface area contributed by atoms with Gasteiger partial charge in [-0.2, -0.15) is 5.10 Å². The fourth-order valence-electron chi connectivity index (χ4n) is 3.61. The molecule has 144 valence electrons. The van der Waals surface area contributed by atoms with Crippen LogP contribution in [-0.2, 0) is 17.3 Å². The van der Waals surface area contributed by atoms with Gasteiger partial charge in [-0.3, -0.25) is 9.48 Å². The minimum absolute atomic E-state index is 0.200. The van der Waals surface area contributed by atoms with Crippen LogP contribution >= 0.6 is 23.1 Å². The van der Waals surface area contributed by atoms with Crippen LogP contribution in [-0.4, -0.2) is 44.3 Å². The summed E-state index contributed by atoms with van der Waals surface area (Å²) in [4.78, 5) is 22.0. The van der Waals surface area contributed by atoms with Gasteiger partial charge < -0.3 is 15.8 Å². The highest BCUT2D eigenvalue weighted by molar-refractivity contribution is 8.13. The number of hydrogen-bond donors (Lipinski definition) is 2. The third kappa shape index (κ3) is 3.37. The number of amidine groups is 1. The number of aromatic nitrogens is 3. The van der Waals surface area contributed by atoms with E-state index in [0.29, 0.717) is 29.2 Å². The van der Waals surface area contributed by atoms with Crippen molar-refractivity contribution in [2.24, 2.45) is 23.7 Å². The van der Waals surface area contributed by atoms with E-state index in [9.17, 15) is 4.79 Å². The Morgan fingerprint density at radius 3 is 3.07 bits per heavy atom. The van der Waals surface area contributed by atoms with Gasteiger partial charge in [0.05, 0.1) is 18.4 Å². The zero-order valence-electron chi connectivity index (χ0n) is 15.4. The van der Waals surface area contributed by atoms with Crippen molar-refractivity contribution in [3.63, 3.8) is 0 Å². The van der Waals surface area contributed by atoms with Crippen LogP contribution in [0.4, 0.5) is 5.82 Å². The smallest absolute Gasteiger partial charge is 0.275 e. The van der Waals surface area contributed by atoms with E-state index in [1.165, 1.54) is 11.3 Å². The van der Waals surface area contributed by atoms with Gasteiger partial charge in [-0.15, -0.1) is 11.3 Å². The molecule has 1 fully saturated rings. The number of amides is 1. The number of carbonyl (C=O) groups is 1. The standard InChI is InChI=1S/C17H22N6O2S2/c1-9-4-12(23(3)22-9)14(24)19-13-7-26-15(20-13)17-8-25-10(2)5-11(17)6-27-16(18)21-17/h4,7,10-11H,5-6,8H2,1-3H3,(H2,18,21)(H,19,24)/t10-,11-,17?/m0/s1. The van der Waals surface area contributed by atoms with E-state index in [2.05, 4.69) is 22.3 Å². The summed E-state index contributed by atoms with van der Waals surface area (Å²) in [6.07, 6.45) is 1.12. The van der Waals surface area contributed by atoms with Gasteiger partial charge in [-0.25, -0.2) is 9.98 Å². The van der Waals surface area contributed by atoms with Gasteiger partial charge in [0, 0.05) is 24.1 Å². The predicted octanol–water partition coefficient (Wildman–Crippen LogP) is 2.12. The van der Waals surface area contributed by atoms with Gasteiger partial charge in [0.15, 0.2) is 5.17 Å². The van der Waals surface area contributed by atoms with Crippen molar-refractivity contribution in [1.29, 1.82) is 0 Å². The predicted molar refractivity (Wildman–Crippen MR) is 107 cm³/mol. The van der Waals surface area contributed by atoms with Gasteiger partial charge in [-0.05, 0) is 26.3 Å². The lowest BCUT2D eigenvalue weighted by atomic mass is 9.80. The Bertz CT molecular complexity index is 907. The van der Waals surface area contributed by atoms with Crippen molar-refractivity contribution in [2.45, 2.75) is 31.9 Å². The molecule has 2 aliphatic heterocycles. The van der Waals surface area contributed by atoms with Crippen LogP contribution in [0.3, 0.4) is 0 Å². The second-order valence-electron chi connectivity index (χ2n) is 7.03. The Balaban J connectivity index is 1.60. The molecule has 0 spiro atoms. The largest absolute Gasteiger partial charge is 0.379 e. The molecule has 3 N–H and O–H groups in total. The summed E-state index contributed by atoms with van der Waals surface area (Å²) < 4.78 is 7.49. The summed E-state index contributed by atoms with van der Waals surface area (Å²) in [5.74, 6) is 1.49. The molecule has 8 nitrogen and oxygen atoms in total. The summed E-state index contributed by atoms with van der Waals surface area (Å²) in [6.45, 7) is 4.40. The number of nitrogens with two attached hydrogens (primary N) is 1. The molecule has 0 aromatic carbocycles. The average Bonchev–Trinajstić information content (AvgIpc) is 3.21. The lowest BCUT2D eigenvalue weighted by Gasteiger charge is -2.44. The monoisotopic (exact) mass is 406 g/mol. The zero-order chi connectivity index (χ0) is 19.2.